The molecule has 0 unspecified atom stereocenters. The molecule has 0 fully saturated rings. The lowest BCUT2D eigenvalue weighted by Crippen LogP contribution is -2.04. The quantitative estimate of drug-likeness (QED) is 0.680. The van der Waals surface area contributed by atoms with Crippen LogP contribution in [0.4, 0.5) is 10.1 Å². The first-order valence-electron chi connectivity index (χ1n) is 5.94. The van der Waals surface area contributed by atoms with Crippen molar-refractivity contribution in [3.8, 4) is 11.1 Å². The monoisotopic (exact) mass is 259 g/mol. The molecular formula is C15H14FNO2. The van der Waals surface area contributed by atoms with Crippen LogP contribution in [0.15, 0.2) is 42.5 Å². The molecule has 3 nitrogen and oxygen atoms in total. The first-order valence-corrected chi connectivity index (χ1v) is 5.94. The third-order valence-electron chi connectivity index (χ3n) is 2.70. The molecule has 4 heteroatoms. The van der Waals surface area contributed by atoms with Gasteiger partial charge in [-0.3, -0.25) is 0 Å². The molecular weight excluding hydrogens is 245 g/mol. The van der Waals surface area contributed by atoms with E-state index in [-0.39, 0.29) is 11.8 Å². The van der Waals surface area contributed by atoms with Gasteiger partial charge in [-0.2, -0.15) is 0 Å². The van der Waals surface area contributed by atoms with Crippen molar-refractivity contribution in [1.29, 1.82) is 0 Å². The molecule has 2 aromatic carbocycles. The Morgan fingerprint density at radius 2 is 1.89 bits per heavy atom. The number of ether oxygens (including phenoxy) is 1. The third kappa shape index (κ3) is 2.91. The fraction of sp³-hybridized carbons (Fsp3) is 0.133. The second-order valence-electron chi connectivity index (χ2n) is 4.04. The van der Waals surface area contributed by atoms with Gasteiger partial charge in [0.15, 0.2) is 0 Å². The van der Waals surface area contributed by atoms with Gasteiger partial charge in [-0.05, 0) is 42.8 Å². The van der Waals surface area contributed by atoms with Crippen LogP contribution in [0.1, 0.15) is 17.3 Å². The molecule has 19 heavy (non-hydrogen) atoms. The second-order valence-corrected chi connectivity index (χ2v) is 4.04. The van der Waals surface area contributed by atoms with E-state index < -0.39 is 0 Å². The van der Waals surface area contributed by atoms with Gasteiger partial charge in [0.05, 0.1) is 12.2 Å². The first kappa shape index (κ1) is 13.1. The number of hydrogen-bond donors (Lipinski definition) is 1. The fourth-order valence-electron chi connectivity index (χ4n) is 1.77. The number of halogens is 1. The van der Waals surface area contributed by atoms with Crippen LogP contribution < -0.4 is 5.73 Å². The van der Waals surface area contributed by atoms with Gasteiger partial charge in [-0.1, -0.05) is 12.1 Å². The van der Waals surface area contributed by atoms with E-state index in [0.29, 0.717) is 29.0 Å². The number of anilines is 1. The second kappa shape index (κ2) is 5.52. The summed E-state index contributed by atoms with van der Waals surface area (Å²) in [5.41, 5.74) is 7.46. The Labute approximate surface area is 110 Å². The van der Waals surface area contributed by atoms with Crippen LogP contribution in [0.2, 0.25) is 0 Å². The summed E-state index contributed by atoms with van der Waals surface area (Å²) in [7, 11) is 0. The zero-order valence-electron chi connectivity index (χ0n) is 10.5. The molecule has 0 aliphatic rings. The Hall–Kier alpha value is -2.36. The highest BCUT2D eigenvalue weighted by Gasteiger charge is 2.08. The predicted molar refractivity (Wildman–Crippen MR) is 72.2 cm³/mol. The molecule has 0 radical (unpaired) electrons. The molecule has 0 aliphatic carbocycles. The average molecular weight is 259 g/mol. The van der Waals surface area contributed by atoms with E-state index in [1.54, 1.807) is 43.3 Å². The van der Waals surface area contributed by atoms with E-state index in [1.807, 2.05) is 0 Å². The number of hydrogen-bond acceptors (Lipinski definition) is 3. The van der Waals surface area contributed by atoms with Crippen molar-refractivity contribution in [2.45, 2.75) is 6.92 Å². The Bertz CT molecular complexity index is 594. The van der Waals surface area contributed by atoms with Gasteiger partial charge in [0, 0.05) is 11.3 Å². The lowest BCUT2D eigenvalue weighted by atomic mass is 10.0. The lowest BCUT2D eigenvalue weighted by molar-refractivity contribution is 0.0526. The van der Waals surface area contributed by atoms with E-state index in [4.69, 9.17) is 10.5 Å². The van der Waals surface area contributed by atoms with Crippen molar-refractivity contribution in [3.05, 3.63) is 53.8 Å². The Balaban J connectivity index is 2.30. The molecule has 0 aliphatic heterocycles. The number of benzene rings is 2. The smallest absolute Gasteiger partial charge is 0.338 e. The van der Waals surface area contributed by atoms with Gasteiger partial charge in [0.1, 0.15) is 5.82 Å². The van der Waals surface area contributed by atoms with Crippen LogP contribution in [0.5, 0.6) is 0 Å². The molecule has 98 valence electrons. The minimum Gasteiger partial charge on any atom is -0.462 e. The van der Waals surface area contributed by atoms with Crippen LogP contribution in [0, 0.1) is 5.82 Å². The summed E-state index contributed by atoms with van der Waals surface area (Å²) in [5.74, 6) is -0.768. The normalized spacial score (nSPS) is 10.2. The molecule has 2 N–H and O–H groups in total. The summed E-state index contributed by atoms with van der Waals surface area (Å²) in [5, 5.41) is 0. The molecule has 2 aromatic rings. The summed E-state index contributed by atoms with van der Waals surface area (Å²) in [6, 6.07) is 11.1. The van der Waals surface area contributed by atoms with Crippen molar-refractivity contribution >= 4 is 11.7 Å². The van der Waals surface area contributed by atoms with E-state index >= 15 is 0 Å². The fourth-order valence-corrected chi connectivity index (χ4v) is 1.77. The summed E-state index contributed by atoms with van der Waals surface area (Å²) < 4.78 is 18.6. The third-order valence-corrected chi connectivity index (χ3v) is 2.70. The largest absolute Gasteiger partial charge is 0.462 e. The molecule has 0 saturated heterocycles. The Morgan fingerprint density at radius 3 is 2.47 bits per heavy atom. The molecule has 0 heterocycles. The van der Waals surface area contributed by atoms with Crippen molar-refractivity contribution in [3.63, 3.8) is 0 Å². The highest BCUT2D eigenvalue weighted by molar-refractivity contribution is 5.90. The topological polar surface area (TPSA) is 52.3 Å². The van der Waals surface area contributed by atoms with Gasteiger partial charge in [0.2, 0.25) is 0 Å². The van der Waals surface area contributed by atoms with Crippen molar-refractivity contribution in [1.82, 2.24) is 0 Å². The molecule has 0 amide bonds. The maximum atomic E-state index is 13.7. The van der Waals surface area contributed by atoms with Crippen molar-refractivity contribution in [2.24, 2.45) is 0 Å². The lowest BCUT2D eigenvalue weighted by Gasteiger charge is -2.06. The maximum absolute atomic E-state index is 13.7. The van der Waals surface area contributed by atoms with Gasteiger partial charge in [-0.15, -0.1) is 0 Å². The number of carbonyl (C=O) groups excluding carboxylic acids is 1. The SMILES string of the molecule is CCOC(=O)c1ccc(-c2ccc(N)cc2F)cc1. The summed E-state index contributed by atoms with van der Waals surface area (Å²) in [6.45, 7) is 2.07. The number of rotatable bonds is 3. The summed E-state index contributed by atoms with van der Waals surface area (Å²) in [4.78, 5) is 11.5. The molecule has 0 spiro atoms. The Morgan fingerprint density at radius 1 is 1.21 bits per heavy atom. The molecule has 0 saturated carbocycles. The average Bonchev–Trinajstić information content (AvgIpc) is 2.39. The van der Waals surface area contributed by atoms with Crippen LogP contribution in [-0.2, 0) is 4.74 Å². The molecule has 0 aromatic heterocycles. The van der Waals surface area contributed by atoms with Crippen LogP contribution in [0.25, 0.3) is 11.1 Å². The van der Waals surface area contributed by atoms with Crippen LogP contribution in [0.3, 0.4) is 0 Å². The Kier molecular flexibility index (Phi) is 3.80. The highest BCUT2D eigenvalue weighted by Crippen LogP contribution is 2.24. The van der Waals surface area contributed by atoms with Gasteiger partial charge < -0.3 is 10.5 Å². The van der Waals surface area contributed by atoms with Crippen LogP contribution in [-0.4, -0.2) is 12.6 Å². The summed E-state index contributed by atoms with van der Waals surface area (Å²) >= 11 is 0. The van der Waals surface area contributed by atoms with Gasteiger partial charge in [0.25, 0.3) is 0 Å². The zero-order chi connectivity index (χ0) is 13.8. The number of esters is 1. The number of nitrogen functional groups attached to an aromatic ring is 1. The van der Waals surface area contributed by atoms with Crippen molar-refractivity contribution < 1.29 is 13.9 Å². The molecule has 2 rings (SSSR count). The van der Waals surface area contributed by atoms with E-state index in [9.17, 15) is 9.18 Å². The van der Waals surface area contributed by atoms with Crippen LogP contribution >= 0.6 is 0 Å². The van der Waals surface area contributed by atoms with Crippen molar-refractivity contribution in [2.75, 3.05) is 12.3 Å². The minimum atomic E-state index is -0.385. The standard InChI is InChI=1S/C15H14FNO2/c1-2-19-15(18)11-5-3-10(4-6-11)13-8-7-12(17)9-14(13)16/h3-9H,2,17H2,1H3. The number of carbonyl (C=O) groups is 1. The minimum absolute atomic E-state index is 0.327. The highest BCUT2D eigenvalue weighted by atomic mass is 19.1. The molecule has 0 atom stereocenters. The maximum Gasteiger partial charge on any atom is 0.338 e. The predicted octanol–water partition coefficient (Wildman–Crippen LogP) is 3.25. The van der Waals surface area contributed by atoms with Gasteiger partial charge in [-0.25, -0.2) is 9.18 Å². The summed E-state index contributed by atoms with van der Waals surface area (Å²) in [6.07, 6.45) is 0. The molecule has 0 bridgehead atoms. The number of nitrogens with two attached hydrogens (primary N) is 1. The van der Waals surface area contributed by atoms with E-state index in [1.165, 1.54) is 6.07 Å². The zero-order valence-corrected chi connectivity index (χ0v) is 10.5. The first-order chi connectivity index (χ1) is 9.11. The van der Waals surface area contributed by atoms with Gasteiger partial charge >= 0.3 is 5.97 Å². The van der Waals surface area contributed by atoms with E-state index in [0.717, 1.165) is 0 Å². The van der Waals surface area contributed by atoms with E-state index in [2.05, 4.69) is 0 Å².